The van der Waals surface area contributed by atoms with Gasteiger partial charge in [-0.1, -0.05) is 41.6 Å². The number of ether oxygens (including phenoxy) is 3. The second-order valence-electron chi connectivity index (χ2n) is 5.83. The van der Waals surface area contributed by atoms with Crippen LogP contribution in [0.3, 0.4) is 0 Å². The van der Waals surface area contributed by atoms with Gasteiger partial charge in [0.15, 0.2) is 11.5 Å². The first-order chi connectivity index (χ1) is 13.4. The summed E-state index contributed by atoms with van der Waals surface area (Å²) in [7, 11) is 1.45. The van der Waals surface area contributed by atoms with Gasteiger partial charge in [0.05, 0.1) is 7.11 Å². The number of hydrogen-bond donors (Lipinski definition) is 0. The Morgan fingerprint density at radius 3 is 2.29 bits per heavy atom. The van der Waals surface area contributed by atoms with Gasteiger partial charge in [-0.25, -0.2) is 0 Å². The first-order valence-corrected chi connectivity index (χ1v) is 9.52. The van der Waals surface area contributed by atoms with Crippen LogP contribution in [0.4, 0.5) is 0 Å². The van der Waals surface area contributed by atoms with Crippen LogP contribution in [0.25, 0.3) is 10.8 Å². The molecule has 28 heavy (non-hydrogen) atoms. The second kappa shape index (κ2) is 8.54. The van der Waals surface area contributed by atoms with E-state index in [0.29, 0.717) is 27.3 Å². The van der Waals surface area contributed by atoms with E-state index in [1.807, 2.05) is 30.3 Å². The summed E-state index contributed by atoms with van der Waals surface area (Å²) in [6, 6.07) is 14.5. The summed E-state index contributed by atoms with van der Waals surface area (Å²) in [6.07, 6.45) is 0. The van der Waals surface area contributed by atoms with Crippen LogP contribution >= 0.6 is 23.4 Å². The molecule has 3 aromatic carbocycles. The normalized spacial score (nSPS) is 10.6. The smallest absolute Gasteiger partial charge is 0.308 e. The number of benzene rings is 3. The number of methoxy groups -OCH3 is 1. The lowest BCUT2D eigenvalue weighted by Crippen LogP contribution is -2.06. The average molecular weight is 417 g/mol. The molecule has 0 amide bonds. The molecule has 7 heteroatoms. The molecule has 0 saturated carbocycles. The van der Waals surface area contributed by atoms with Crippen molar-refractivity contribution in [3.63, 3.8) is 0 Å². The minimum Gasteiger partial charge on any atom is -0.493 e. The van der Waals surface area contributed by atoms with Gasteiger partial charge in [-0.2, -0.15) is 0 Å². The van der Waals surface area contributed by atoms with Crippen molar-refractivity contribution in [2.45, 2.75) is 23.6 Å². The molecule has 0 bridgehead atoms. The largest absolute Gasteiger partial charge is 0.493 e. The lowest BCUT2D eigenvalue weighted by atomic mass is 10.1. The van der Waals surface area contributed by atoms with Gasteiger partial charge < -0.3 is 14.2 Å². The van der Waals surface area contributed by atoms with Crippen molar-refractivity contribution in [1.82, 2.24) is 0 Å². The fourth-order valence-electron chi connectivity index (χ4n) is 2.74. The zero-order chi connectivity index (χ0) is 20.3. The minimum atomic E-state index is -0.479. The van der Waals surface area contributed by atoms with Crippen LogP contribution in [0.2, 0.25) is 5.02 Å². The van der Waals surface area contributed by atoms with E-state index in [4.69, 9.17) is 25.8 Å². The highest BCUT2D eigenvalue weighted by atomic mass is 35.5. The summed E-state index contributed by atoms with van der Waals surface area (Å²) >= 11 is 7.55. The molecule has 0 aromatic heterocycles. The molecule has 0 unspecified atom stereocenters. The van der Waals surface area contributed by atoms with Crippen LogP contribution in [-0.4, -0.2) is 19.0 Å². The predicted octanol–water partition coefficient (Wildman–Crippen LogP) is 5.50. The highest BCUT2D eigenvalue weighted by Gasteiger charge is 2.20. The van der Waals surface area contributed by atoms with Crippen molar-refractivity contribution in [2.24, 2.45) is 0 Å². The van der Waals surface area contributed by atoms with E-state index in [9.17, 15) is 9.59 Å². The molecule has 3 rings (SSSR count). The molecule has 0 radical (unpaired) electrons. The second-order valence-corrected chi connectivity index (χ2v) is 7.38. The van der Waals surface area contributed by atoms with Gasteiger partial charge in [-0.15, -0.1) is 0 Å². The Kier molecular flexibility index (Phi) is 6.11. The Bertz CT molecular complexity index is 1060. The van der Waals surface area contributed by atoms with Crippen molar-refractivity contribution in [3.05, 3.63) is 53.6 Å². The van der Waals surface area contributed by atoms with E-state index in [1.165, 1.54) is 32.7 Å². The van der Waals surface area contributed by atoms with E-state index >= 15 is 0 Å². The SMILES string of the molecule is COc1cc(OC(C)=O)c2c(Sc3cccc(Cl)c3)cccc2c1OC(C)=O. The molecule has 0 N–H and O–H groups in total. The van der Waals surface area contributed by atoms with Crippen LogP contribution in [0, 0.1) is 0 Å². The van der Waals surface area contributed by atoms with Crippen LogP contribution in [0.15, 0.2) is 58.3 Å². The molecule has 0 aliphatic heterocycles. The maximum absolute atomic E-state index is 11.7. The van der Waals surface area contributed by atoms with E-state index in [-0.39, 0.29) is 5.75 Å². The molecule has 5 nitrogen and oxygen atoms in total. The van der Waals surface area contributed by atoms with Gasteiger partial charge in [-0.05, 0) is 24.3 Å². The van der Waals surface area contributed by atoms with Crippen LogP contribution in [0.1, 0.15) is 13.8 Å². The Labute approximate surface area is 171 Å². The van der Waals surface area contributed by atoms with Gasteiger partial charge in [0, 0.05) is 45.5 Å². The minimum absolute atomic E-state index is 0.273. The van der Waals surface area contributed by atoms with Gasteiger partial charge in [0.2, 0.25) is 0 Å². The molecule has 0 atom stereocenters. The van der Waals surface area contributed by atoms with Gasteiger partial charge >= 0.3 is 11.9 Å². The Morgan fingerprint density at radius 2 is 1.64 bits per heavy atom. The summed E-state index contributed by atoms with van der Waals surface area (Å²) in [5.41, 5.74) is 0. The van der Waals surface area contributed by atoms with E-state index < -0.39 is 11.9 Å². The van der Waals surface area contributed by atoms with Crippen molar-refractivity contribution < 1.29 is 23.8 Å². The third kappa shape index (κ3) is 4.40. The number of fused-ring (bicyclic) bond motifs is 1. The number of rotatable bonds is 5. The van der Waals surface area contributed by atoms with Crippen molar-refractivity contribution in [1.29, 1.82) is 0 Å². The fraction of sp³-hybridized carbons (Fsp3) is 0.143. The summed E-state index contributed by atoms with van der Waals surface area (Å²) in [6.45, 7) is 2.64. The Morgan fingerprint density at radius 1 is 0.929 bits per heavy atom. The summed E-state index contributed by atoms with van der Waals surface area (Å²) in [5, 5.41) is 1.85. The third-order valence-corrected chi connectivity index (χ3v) is 5.03. The fourth-order valence-corrected chi connectivity index (χ4v) is 4.04. The molecular formula is C21H17ClO5S. The predicted molar refractivity (Wildman–Crippen MR) is 109 cm³/mol. The van der Waals surface area contributed by atoms with Crippen molar-refractivity contribution in [2.75, 3.05) is 7.11 Å². The summed E-state index contributed by atoms with van der Waals surface area (Å²) in [4.78, 5) is 25.0. The summed E-state index contributed by atoms with van der Waals surface area (Å²) in [5.74, 6) is -0.0578. The monoisotopic (exact) mass is 416 g/mol. The Hall–Kier alpha value is -2.70. The molecule has 0 saturated heterocycles. The van der Waals surface area contributed by atoms with Gasteiger partial charge in [-0.3, -0.25) is 9.59 Å². The molecule has 0 heterocycles. The lowest BCUT2D eigenvalue weighted by Gasteiger charge is -2.17. The van der Waals surface area contributed by atoms with Gasteiger partial charge in [0.1, 0.15) is 5.75 Å². The third-order valence-electron chi connectivity index (χ3n) is 3.75. The molecule has 144 valence electrons. The van der Waals surface area contributed by atoms with Crippen molar-refractivity contribution in [3.8, 4) is 17.2 Å². The Balaban J connectivity index is 2.26. The number of esters is 2. The molecule has 3 aromatic rings. The van der Waals surface area contributed by atoms with Crippen LogP contribution in [-0.2, 0) is 9.59 Å². The number of carbonyl (C=O) groups is 2. The standard InChI is InChI=1S/C21H17ClO5S/c1-12(23)26-17-11-18(25-3)21(27-13(2)24)16-8-5-9-19(20(16)17)28-15-7-4-6-14(22)10-15/h4-11H,1-3H3. The summed E-state index contributed by atoms with van der Waals surface area (Å²) < 4.78 is 16.2. The van der Waals surface area contributed by atoms with E-state index in [1.54, 1.807) is 18.2 Å². The molecular weight excluding hydrogens is 400 g/mol. The van der Waals surface area contributed by atoms with Gasteiger partial charge in [0.25, 0.3) is 0 Å². The van der Waals surface area contributed by atoms with Crippen LogP contribution in [0.5, 0.6) is 17.2 Å². The van der Waals surface area contributed by atoms with Crippen molar-refractivity contribution >= 4 is 46.1 Å². The highest BCUT2D eigenvalue weighted by Crippen LogP contribution is 2.46. The first-order valence-electron chi connectivity index (χ1n) is 8.33. The molecule has 0 aliphatic carbocycles. The zero-order valence-electron chi connectivity index (χ0n) is 15.4. The van der Waals surface area contributed by atoms with E-state index in [2.05, 4.69) is 0 Å². The maximum Gasteiger partial charge on any atom is 0.308 e. The molecule has 0 spiro atoms. The quantitative estimate of drug-likeness (QED) is 0.404. The molecule has 0 fully saturated rings. The number of halogens is 1. The topological polar surface area (TPSA) is 61.8 Å². The first kappa shape index (κ1) is 20.0. The number of hydrogen-bond acceptors (Lipinski definition) is 6. The number of carbonyl (C=O) groups excluding carboxylic acids is 2. The maximum atomic E-state index is 11.7. The molecule has 0 aliphatic rings. The highest BCUT2D eigenvalue weighted by molar-refractivity contribution is 7.99. The average Bonchev–Trinajstić information content (AvgIpc) is 2.62. The van der Waals surface area contributed by atoms with E-state index in [0.717, 1.165) is 9.79 Å². The lowest BCUT2D eigenvalue weighted by molar-refractivity contribution is -0.133. The zero-order valence-corrected chi connectivity index (χ0v) is 17.0. The van der Waals surface area contributed by atoms with Crippen LogP contribution < -0.4 is 14.2 Å².